The van der Waals surface area contributed by atoms with Crippen molar-refractivity contribution in [3.63, 3.8) is 0 Å². The van der Waals surface area contributed by atoms with Gasteiger partial charge in [0.25, 0.3) is 0 Å². The molecule has 0 radical (unpaired) electrons. The number of carboxylic acids is 1. The first-order chi connectivity index (χ1) is 9.40. The van der Waals surface area contributed by atoms with E-state index in [0.29, 0.717) is 5.56 Å². The lowest BCUT2D eigenvalue weighted by Crippen LogP contribution is -2.57. The Bertz CT molecular complexity index is 642. The highest BCUT2D eigenvalue weighted by Crippen LogP contribution is 2.37. The third kappa shape index (κ3) is 2.37. The van der Waals surface area contributed by atoms with E-state index < -0.39 is 17.0 Å². The minimum atomic E-state index is -1.51. The van der Waals surface area contributed by atoms with E-state index in [1.165, 1.54) is 19.1 Å². The standard InChI is InChI=1S/C15H13NO4/c1-14(19,15(8-16)9-20-10-15)6-5-11-3-2-4-12(7-11)13(17)18/h2-4,7,19H,9-10H2,1H3,(H,17,18)/t14-/m1/s1. The molecule has 0 aromatic heterocycles. The van der Waals surface area contributed by atoms with Gasteiger partial charge in [-0.3, -0.25) is 0 Å². The molecule has 2 rings (SSSR count). The van der Waals surface area contributed by atoms with Gasteiger partial charge in [0.2, 0.25) is 0 Å². The van der Waals surface area contributed by atoms with Crippen molar-refractivity contribution in [3.05, 3.63) is 35.4 Å². The quantitative estimate of drug-likeness (QED) is 0.784. The lowest BCUT2D eigenvalue weighted by molar-refractivity contribution is -0.158. The number of nitriles is 1. The summed E-state index contributed by atoms with van der Waals surface area (Å²) in [7, 11) is 0. The summed E-state index contributed by atoms with van der Waals surface area (Å²) in [6.45, 7) is 1.74. The lowest BCUT2D eigenvalue weighted by Gasteiger charge is -2.42. The van der Waals surface area contributed by atoms with E-state index in [9.17, 15) is 9.90 Å². The topological polar surface area (TPSA) is 90.5 Å². The van der Waals surface area contributed by atoms with Gasteiger partial charge >= 0.3 is 5.97 Å². The number of aromatic carboxylic acids is 1. The van der Waals surface area contributed by atoms with Crippen LogP contribution in [0.2, 0.25) is 0 Å². The summed E-state index contributed by atoms with van der Waals surface area (Å²) in [5, 5.41) is 28.4. The van der Waals surface area contributed by atoms with E-state index in [1.807, 2.05) is 6.07 Å². The Labute approximate surface area is 116 Å². The Kier molecular flexibility index (Phi) is 3.50. The molecule has 0 saturated carbocycles. The Hall–Kier alpha value is -2.34. The molecule has 1 atom stereocenters. The number of carboxylic acid groups (broad SMARTS) is 1. The lowest BCUT2D eigenvalue weighted by atomic mass is 9.72. The van der Waals surface area contributed by atoms with Crippen LogP contribution < -0.4 is 0 Å². The first-order valence-corrected chi connectivity index (χ1v) is 5.98. The molecule has 0 bridgehead atoms. The van der Waals surface area contributed by atoms with Crippen molar-refractivity contribution in [2.45, 2.75) is 12.5 Å². The van der Waals surface area contributed by atoms with Crippen molar-refractivity contribution < 1.29 is 19.7 Å². The Morgan fingerprint density at radius 1 is 1.50 bits per heavy atom. The van der Waals surface area contributed by atoms with Gasteiger partial charge in [-0.15, -0.1) is 0 Å². The van der Waals surface area contributed by atoms with Crippen molar-refractivity contribution in [1.29, 1.82) is 5.26 Å². The number of carbonyl (C=O) groups is 1. The molecular weight excluding hydrogens is 258 g/mol. The molecule has 5 nitrogen and oxygen atoms in total. The molecule has 1 aromatic carbocycles. The van der Waals surface area contributed by atoms with Crippen molar-refractivity contribution in [3.8, 4) is 17.9 Å². The van der Waals surface area contributed by atoms with Crippen LogP contribution in [0.1, 0.15) is 22.8 Å². The van der Waals surface area contributed by atoms with Crippen LogP contribution >= 0.6 is 0 Å². The van der Waals surface area contributed by atoms with Crippen molar-refractivity contribution in [1.82, 2.24) is 0 Å². The molecule has 5 heteroatoms. The summed E-state index contributed by atoms with van der Waals surface area (Å²) in [4.78, 5) is 10.9. The van der Waals surface area contributed by atoms with E-state index in [2.05, 4.69) is 11.8 Å². The summed E-state index contributed by atoms with van der Waals surface area (Å²) < 4.78 is 4.99. The number of rotatable bonds is 2. The fourth-order valence-corrected chi connectivity index (χ4v) is 1.80. The third-order valence-corrected chi connectivity index (χ3v) is 3.40. The molecule has 2 N–H and O–H groups in total. The summed E-state index contributed by atoms with van der Waals surface area (Å²) in [5.41, 5.74) is -1.94. The predicted octanol–water partition coefficient (Wildman–Crippen LogP) is 1.03. The molecule has 1 aromatic rings. The second-order valence-electron chi connectivity index (χ2n) is 4.89. The smallest absolute Gasteiger partial charge is 0.335 e. The first-order valence-electron chi connectivity index (χ1n) is 5.98. The number of benzene rings is 1. The van der Waals surface area contributed by atoms with Crippen LogP contribution in [0, 0.1) is 28.6 Å². The minimum absolute atomic E-state index is 0.124. The highest BCUT2D eigenvalue weighted by atomic mass is 16.5. The van der Waals surface area contributed by atoms with Crippen molar-refractivity contribution in [2.24, 2.45) is 5.41 Å². The Morgan fingerprint density at radius 3 is 2.70 bits per heavy atom. The molecule has 0 amide bonds. The van der Waals surface area contributed by atoms with Gasteiger partial charge in [0.1, 0.15) is 11.0 Å². The van der Waals surface area contributed by atoms with Crippen molar-refractivity contribution >= 4 is 5.97 Å². The SMILES string of the molecule is C[C@@](O)(C#Cc1cccc(C(=O)O)c1)C1(C#N)COC1. The molecule has 1 fully saturated rings. The van der Waals surface area contributed by atoms with Gasteiger partial charge in [-0.1, -0.05) is 17.9 Å². The highest BCUT2D eigenvalue weighted by molar-refractivity contribution is 5.88. The number of hydrogen-bond acceptors (Lipinski definition) is 4. The zero-order chi connectivity index (χ0) is 14.8. The maximum absolute atomic E-state index is 10.9. The molecular formula is C15H13NO4. The maximum Gasteiger partial charge on any atom is 0.335 e. The van der Waals surface area contributed by atoms with Gasteiger partial charge in [-0.05, 0) is 25.1 Å². The van der Waals surface area contributed by atoms with Gasteiger partial charge in [0, 0.05) is 5.56 Å². The Balaban J connectivity index is 2.29. The van der Waals surface area contributed by atoms with Crippen molar-refractivity contribution in [2.75, 3.05) is 13.2 Å². The fourth-order valence-electron chi connectivity index (χ4n) is 1.80. The van der Waals surface area contributed by atoms with Crippen LogP contribution in [-0.4, -0.2) is 35.0 Å². The van der Waals surface area contributed by atoms with Crippen LogP contribution in [0.4, 0.5) is 0 Å². The average molecular weight is 271 g/mol. The summed E-state index contributed by atoms with van der Waals surface area (Å²) in [6.07, 6.45) is 0. The molecule has 20 heavy (non-hydrogen) atoms. The van der Waals surface area contributed by atoms with E-state index >= 15 is 0 Å². The number of hydrogen-bond donors (Lipinski definition) is 2. The molecule has 1 heterocycles. The van der Waals surface area contributed by atoms with E-state index in [1.54, 1.807) is 12.1 Å². The van der Waals surface area contributed by atoms with Crippen LogP contribution in [0.15, 0.2) is 24.3 Å². The average Bonchev–Trinajstić information content (AvgIpc) is 2.36. The largest absolute Gasteiger partial charge is 0.478 e. The van der Waals surface area contributed by atoms with Gasteiger partial charge in [0.05, 0.1) is 24.8 Å². The zero-order valence-corrected chi connectivity index (χ0v) is 10.9. The van der Waals surface area contributed by atoms with Crippen LogP contribution in [-0.2, 0) is 4.74 Å². The van der Waals surface area contributed by atoms with E-state index in [-0.39, 0.29) is 18.8 Å². The number of aliphatic hydroxyl groups is 1. The summed E-state index contributed by atoms with van der Waals surface area (Å²) in [6, 6.07) is 8.15. The van der Waals surface area contributed by atoms with Crippen LogP contribution in [0.5, 0.6) is 0 Å². The van der Waals surface area contributed by atoms with Gasteiger partial charge in [0.15, 0.2) is 0 Å². The number of nitrogens with zero attached hydrogens (tertiary/aromatic N) is 1. The highest BCUT2D eigenvalue weighted by Gasteiger charge is 2.53. The second kappa shape index (κ2) is 4.97. The monoisotopic (exact) mass is 271 g/mol. The molecule has 0 unspecified atom stereocenters. The second-order valence-corrected chi connectivity index (χ2v) is 4.89. The van der Waals surface area contributed by atoms with Gasteiger partial charge in [-0.2, -0.15) is 5.26 Å². The predicted molar refractivity (Wildman–Crippen MR) is 69.8 cm³/mol. The molecule has 1 saturated heterocycles. The zero-order valence-electron chi connectivity index (χ0n) is 10.9. The molecule has 102 valence electrons. The normalized spacial score (nSPS) is 18.6. The molecule has 0 aliphatic carbocycles. The number of ether oxygens (including phenoxy) is 1. The molecule has 1 aliphatic heterocycles. The minimum Gasteiger partial charge on any atom is -0.478 e. The van der Waals surface area contributed by atoms with Gasteiger partial charge in [-0.25, -0.2) is 4.79 Å². The fraction of sp³-hybridized carbons (Fsp3) is 0.333. The van der Waals surface area contributed by atoms with Crippen LogP contribution in [0.25, 0.3) is 0 Å². The first kappa shape index (κ1) is 14.1. The third-order valence-electron chi connectivity index (χ3n) is 3.40. The van der Waals surface area contributed by atoms with Crippen LogP contribution in [0.3, 0.4) is 0 Å². The Morgan fingerprint density at radius 2 is 2.20 bits per heavy atom. The molecule has 1 aliphatic rings. The molecule has 0 spiro atoms. The van der Waals surface area contributed by atoms with E-state index in [0.717, 1.165) is 0 Å². The van der Waals surface area contributed by atoms with Gasteiger partial charge < -0.3 is 14.9 Å². The van der Waals surface area contributed by atoms with E-state index in [4.69, 9.17) is 15.1 Å². The summed E-state index contributed by atoms with van der Waals surface area (Å²) in [5.74, 6) is 4.32. The summed E-state index contributed by atoms with van der Waals surface area (Å²) >= 11 is 0. The maximum atomic E-state index is 10.9.